The largest absolute Gasteiger partial charge is 0.433 e. The highest BCUT2D eigenvalue weighted by Crippen LogP contribution is 2.34. The molecule has 0 unspecified atom stereocenters. The Hall–Kier alpha value is -4.88. The van der Waals surface area contributed by atoms with Crippen molar-refractivity contribution in [3.8, 4) is 16.9 Å². The number of hydrogen-bond donors (Lipinski definition) is 2. The number of hydrogen-bond acceptors (Lipinski definition) is 6. The van der Waals surface area contributed by atoms with Crippen molar-refractivity contribution in [1.82, 2.24) is 24.5 Å². The lowest BCUT2D eigenvalue weighted by atomic mass is 10.2. The lowest BCUT2D eigenvalue weighted by molar-refractivity contribution is -0.142. The predicted molar refractivity (Wildman–Crippen MR) is 144 cm³/mol. The number of aromatic nitrogens is 4. The van der Waals surface area contributed by atoms with Gasteiger partial charge in [-0.2, -0.15) is 18.3 Å². The van der Waals surface area contributed by atoms with Gasteiger partial charge < -0.3 is 5.32 Å². The van der Waals surface area contributed by atoms with Crippen molar-refractivity contribution >= 4 is 21.7 Å². The summed E-state index contributed by atoms with van der Waals surface area (Å²) in [6.45, 7) is 0.112. The van der Waals surface area contributed by atoms with Gasteiger partial charge in [-0.15, -0.1) is 0 Å². The molecule has 0 radical (unpaired) electrons. The van der Waals surface area contributed by atoms with Crippen molar-refractivity contribution < 1.29 is 26.4 Å². The number of nitrogens with zero attached hydrogens (tertiary/aromatic N) is 4. The summed E-state index contributed by atoms with van der Waals surface area (Å²) < 4.78 is 69.6. The number of anilines is 1. The molecule has 0 aliphatic carbocycles. The summed E-state index contributed by atoms with van der Waals surface area (Å²) in [5.74, 6) is -0.506. The summed E-state index contributed by atoms with van der Waals surface area (Å²) in [5.41, 5.74) is 0.487. The van der Waals surface area contributed by atoms with Crippen molar-refractivity contribution in [2.24, 2.45) is 0 Å². The topological polar surface area (TPSA) is 119 Å². The van der Waals surface area contributed by atoms with Crippen LogP contribution < -0.4 is 10.0 Å². The van der Waals surface area contributed by atoms with E-state index in [9.17, 15) is 26.4 Å². The number of alkyl halides is 3. The maximum absolute atomic E-state index is 13.7. The van der Waals surface area contributed by atoms with E-state index in [1.54, 1.807) is 36.4 Å². The summed E-state index contributed by atoms with van der Waals surface area (Å²) in [5, 5.41) is 6.63. The first-order valence-electron chi connectivity index (χ1n) is 12.1. The number of pyridine rings is 2. The maximum Gasteiger partial charge on any atom is 0.433 e. The van der Waals surface area contributed by atoms with Crippen LogP contribution in [0.4, 0.5) is 19.0 Å². The molecule has 1 amide bonds. The van der Waals surface area contributed by atoms with E-state index in [4.69, 9.17) is 0 Å². The Morgan fingerprint density at radius 1 is 0.902 bits per heavy atom. The maximum atomic E-state index is 13.7. The number of benzene rings is 2. The number of rotatable bonds is 8. The normalized spacial score (nSPS) is 11.8. The summed E-state index contributed by atoms with van der Waals surface area (Å²) in [6.07, 6.45) is -0.619. The van der Waals surface area contributed by atoms with Gasteiger partial charge in [0.15, 0.2) is 0 Å². The molecular formula is C28H21F3N6O3S. The minimum Gasteiger partial charge on any atom is -0.307 e. The summed E-state index contributed by atoms with van der Waals surface area (Å²) >= 11 is 0. The van der Waals surface area contributed by atoms with Gasteiger partial charge >= 0.3 is 6.18 Å². The number of halogens is 3. The fourth-order valence-electron chi connectivity index (χ4n) is 3.85. The van der Waals surface area contributed by atoms with Crippen molar-refractivity contribution in [3.63, 3.8) is 0 Å². The van der Waals surface area contributed by atoms with E-state index < -0.39 is 27.8 Å². The Labute approximate surface area is 232 Å². The van der Waals surface area contributed by atoms with Gasteiger partial charge in [-0.1, -0.05) is 30.3 Å². The predicted octanol–water partition coefficient (Wildman–Crippen LogP) is 5.08. The van der Waals surface area contributed by atoms with Crippen molar-refractivity contribution in [2.45, 2.75) is 17.6 Å². The van der Waals surface area contributed by atoms with Crippen LogP contribution in [0.1, 0.15) is 21.6 Å². The van der Waals surface area contributed by atoms with Crippen LogP contribution >= 0.6 is 0 Å². The zero-order chi connectivity index (χ0) is 29.0. The standard InChI is InChI=1S/C28H21F3N6O3S/c29-28(30,31)25-15-24(21-7-4-14-32-17-21)36-37(25)22-10-13-26(33-18-22)35-27(38)20-8-11-23(12-9-20)41(39,40)34-16-19-5-2-1-3-6-19/h1-15,17-18,34H,16H2,(H,33,35,38). The van der Waals surface area contributed by atoms with Gasteiger partial charge in [-0.05, 0) is 60.2 Å². The Morgan fingerprint density at radius 2 is 1.66 bits per heavy atom. The van der Waals surface area contributed by atoms with E-state index in [1.165, 1.54) is 48.8 Å². The van der Waals surface area contributed by atoms with Gasteiger partial charge in [0.2, 0.25) is 10.0 Å². The quantitative estimate of drug-likeness (QED) is 0.265. The molecule has 0 aliphatic heterocycles. The summed E-state index contributed by atoms with van der Waals surface area (Å²) in [7, 11) is -3.81. The molecule has 13 heteroatoms. The first-order valence-corrected chi connectivity index (χ1v) is 13.6. The van der Waals surface area contributed by atoms with Crippen LogP contribution in [0.15, 0.2) is 108 Å². The number of amides is 1. The molecule has 5 aromatic rings. The lowest BCUT2D eigenvalue weighted by Gasteiger charge is -2.11. The average Bonchev–Trinajstić information content (AvgIpc) is 3.44. The molecule has 0 saturated carbocycles. The van der Waals surface area contributed by atoms with Crippen LogP contribution in [0.3, 0.4) is 0 Å². The van der Waals surface area contributed by atoms with Gasteiger partial charge in [0.1, 0.15) is 11.5 Å². The van der Waals surface area contributed by atoms with Gasteiger partial charge in [-0.3, -0.25) is 9.78 Å². The van der Waals surface area contributed by atoms with E-state index in [2.05, 4.69) is 25.1 Å². The SMILES string of the molecule is O=C(Nc1ccc(-n2nc(-c3cccnc3)cc2C(F)(F)F)cn1)c1ccc(S(=O)(=O)NCc2ccccc2)cc1. The highest BCUT2D eigenvalue weighted by Gasteiger charge is 2.36. The molecule has 41 heavy (non-hydrogen) atoms. The fraction of sp³-hybridized carbons (Fsp3) is 0.0714. The molecule has 0 atom stereocenters. The fourth-order valence-corrected chi connectivity index (χ4v) is 4.87. The second-order valence-corrected chi connectivity index (χ2v) is 10.5. The molecular weight excluding hydrogens is 557 g/mol. The lowest BCUT2D eigenvalue weighted by Crippen LogP contribution is -2.23. The first-order chi connectivity index (χ1) is 19.6. The van der Waals surface area contributed by atoms with Crippen LogP contribution in [0, 0.1) is 0 Å². The minimum atomic E-state index is -4.68. The molecule has 0 bridgehead atoms. The Bertz CT molecular complexity index is 1760. The Kier molecular flexibility index (Phi) is 7.64. The average molecular weight is 579 g/mol. The molecule has 9 nitrogen and oxygen atoms in total. The van der Waals surface area contributed by atoms with Crippen molar-refractivity contribution in [1.29, 1.82) is 0 Å². The van der Waals surface area contributed by atoms with Gasteiger partial charge in [0.25, 0.3) is 5.91 Å². The monoisotopic (exact) mass is 578 g/mol. The molecule has 3 aromatic heterocycles. The molecule has 0 fully saturated rings. The molecule has 0 saturated heterocycles. The van der Waals surface area contributed by atoms with Crippen LogP contribution in [-0.4, -0.2) is 34.1 Å². The second-order valence-electron chi connectivity index (χ2n) is 8.76. The van der Waals surface area contributed by atoms with E-state index in [0.29, 0.717) is 5.56 Å². The third-order valence-corrected chi connectivity index (χ3v) is 7.34. The van der Waals surface area contributed by atoms with Crippen LogP contribution in [-0.2, 0) is 22.7 Å². The molecule has 2 N–H and O–H groups in total. The summed E-state index contributed by atoms with van der Waals surface area (Å²) in [4.78, 5) is 20.7. The first kappa shape index (κ1) is 27.7. The minimum absolute atomic E-state index is 0.0159. The van der Waals surface area contributed by atoms with E-state index >= 15 is 0 Å². The number of sulfonamides is 1. The van der Waals surface area contributed by atoms with Crippen molar-refractivity contribution in [2.75, 3.05) is 5.32 Å². The zero-order valence-corrected chi connectivity index (χ0v) is 21.9. The van der Waals surface area contributed by atoms with E-state index in [0.717, 1.165) is 22.5 Å². The highest BCUT2D eigenvalue weighted by molar-refractivity contribution is 7.89. The molecule has 5 rings (SSSR count). The highest BCUT2D eigenvalue weighted by atomic mass is 32.2. The third-order valence-electron chi connectivity index (χ3n) is 5.93. The Morgan fingerprint density at radius 3 is 2.29 bits per heavy atom. The summed E-state index contributed by atoms with van der Waals surface area (Å²) in [6, 6.07) is 21.1. The Balaban J connectivity index is 1.28. The van der Waals surface area contributed by atoms with Crippen LogP contribution in [0.5, 0.6) is 0 Å². The van der Waals surface area contributed by atoms with Crippen LogP contribution in [0.2, 0.25) is 0 Å². The molecule has 208 valence electrons. The third kappa shape index (κ3) is 6.48. The smallest absolute Gasteiger partial charge is 0.307 e. The molecule has 0 aliphatic rings. The van der Waals surface area contributed by atoms with E-state index in [-0.39, 0.29) is 34.2 Å². The van der Waals surface area contributed by atoms with Gasteiger partial charge in [-0.25, -0.2) is 22.8 Å². The number of carbonyl (C=O) groups excluding carboxylic acids is 1. The second kappa shape index (κ2) is 11.3. The molecule has 0 spiro atoms. The van der Waals surface area contributed by atoms with Crippen LogP contribution in [0.25, 0.3) is 16.9 Å². The van der Waals surface area contributed by atoms with Crippen molar-refractivity contribution in [3.05, 3.63) is 120 Å². The number of carbonyl (C=O) groups is 1. The molecule has 3 heterocycles. The zero-order valence-electron chi connectivity index (χ0n) is 21.1. The van der Waals surface area contributed by atoms with Gasteiger partial charge in [0, 0.05) is 30.1 Å². The molecule has 2 aromatic carbocycles. The van der Waals surface area contributed by atoms with Gasteiger partial charge in [0.05, 0.1) is 22.5 Å². The number of nitrogens with one attached hydrogen (secondary N) is 2. The van der Waals surface area contributed by atoms with E-state index in [1.807, 2.05) is 6.07 Å².